The van der Waals surface area contributed by atoms with Crippen LogP contribution in [0.2, 0.25) is 0 Å². The van der Waals surface area contributed by atoms with Crippen LogP contribution < -0.4 is 5.73 Å². The minimum absolute atomic E-state index is 0.0243. The van der Waals surface area contributed by atoms with Crippen molar-refractivity contribution in [2.45, 2.75) is 33.3 Å². The fourth-order valence-corrected chi connectivity index (χ4v) is 0.892. The van der Waals surface area contributed by atoms with Crippen molar-refractivity contribution in [1.29, 1.82) is 0 Å². The summed E-state index contributed by atoms with van der Waals surface area (Å²) in [5.41, 5.74) is 5.41. The number of ketones is 1. The first-order valence-corrected chi connectivity index (χ1v) is 4.46. The molecule has 3 heteroatoms. The average molecular weight is 173 g/mol. The number of rotatable bonds is 6. The lowest BCUT2D eigenvalue weighted by atomic mass is 10.0. The molecule has 0 saturated heterocycles. The SMILES string of the molecule is CCC(CN)C(=O)COC(C)C. The Labute approximate surface area is 74.3 Å². The van der Waals surface area contributed by atoms with Crippen LogP contribution in [0.4, 0.5) is 0 Å². The van der Waals surface area contributed by atoms with Crippen LogP contribution in [0.3, 0.4) is 0 Å². The monoisotopic (exact) mass is 173 g/mol. The van der Waals surface area contributed by atoms with Crippen LogP contribution >= 0.6 is 0 Å². The molecule has 3 nitrogen and oxygen atoms in total. The summed E-state index contributed by atoms with van der Waals surface area (Å²) in [4.78, 5) is 11.3. The quantitative estimate of drug-likeness (QED) is 0.651. The molecule has 0 aromatic carbocycles. The zero-order chi connectivity index (χ0) is 9.56. The molecule has 0 heterocycles. The van der Waals surface area contributed by atoms with Crippen molar-refractivity contribution >= 4 is 5.78 Å². The Morgan fingerprint density at radius 1 is 1.50 bits per heavy atom. The van der Waals surface area contributed by atoms with Gasteiger partial charge < -0.3 is 10.5 Å². The van der Waals surface area contributed by atoms with E-state index in [0.717, 1.165) is 6.42 Å². The van der Waals surface area contributed by atoms with E-state index >= 15 is 0 Å². The van der Waals surface area contributed by atoms with Crippen molar-refractivity contribution in [3.63, 3.8) is 0 Å². The van der Waals surface area contributed by atoms with E-state index < -0.39 is 0 Å². The van der Waals surface area contributed by atoms with Gasteiger partial charge in [0.1, 0.15) is 6.61 Å². The zero-order valence-electron chi connectivity index (χ0n) is 8.17. The first kappa shape index (κ1) is 11.6. The van der Waals surface area contributed by atoms with E-state index in [0.29, 0.717) is 6.54 Å². The molecule has 1 atom stereocenters. The van der Waals surface area contributed by atoms with E-state index in [2.05, 4.69) is 0 Å². The van der Waals surface area contributed by atoms with Gasteiger partial charge in [0.05, 0.1) is 6.10 Å². The largest absolute Gasteiger partial charge is 0.371 e. The van der Waals surface area contributed by atoms with E-state index in [-0.39, 0.29) is 24.4 Å². The molecule has 0 amide bonds. The number of nitrogens with two attached hydrogens (primary N) is 1. The Bertz CT molecular complexity index is 130. The van der Waals surface area contributed by atoms with Crippen LogP contribution in [0.1, 0.15) is 27.2 Å². The van der Waals surface area contributed by atoms with Gasteiger partial charge >= 0.3 is 0 Å². The van der Waals surface area contributed by atoms with Gasteiger partial charge in [-0.25, -0.2) is 0 Å². The van der Waals surface area contributed by atoms with Crippen molar-refractivity contribution in [3.8, 4) is 0 Å². The van der Waals surface area contributed by atoms with Gasteiger partial charge in [-0.3, -0.25) is 4.79 Å². The van der Waals surface area contributed by atoms with Gasteiger partial charge in [0.15, 0.2) is 5.78 Å². The third-order valence-corrected chi connectivity index (χ3v) is 1.79. The normalized spacial score (nSPS) is 13.4. The highest BCUT2D eigenvalue weighted by Gasteiger charge is 2.14. The summed E-state index contributed by atoms with van der Waals surface area (Å²) < 4.78 is 5.18. The molecule has 2 N–H and O–H groups in total. The molecule has 0 bridgehead atoms. The number of carbonyl (C=O) groups is 1. The van der Waals surface area contributed by atoms with E-state index in [1.165, 1.54) is 0 Å². The minimum atomic E-state index is -0.0243. The number of carbonyl (C=O) groups excluding carboxylic acids is 1. The minimum Gasteiger partial charge on any atom is -0.371 e. The third kappa shape index (κ3) is 4.46. The maximum Gasteiger partial charge on any atom is 0.162 e. The highest BCUT2D eigenvalue weighted by Crippen LogP contribution is 2.02. The van der Waals surface area contributed by atoms with Gasteiger partial charge in [0.25, 0.3) is 0 Å². The number of hydrogen-bond donors (Lipinski definition) is 1. The summed E-state index contributed by atoms with van der Waals surface area (Å²) in [6, 6.07) is 0. The van der Waals surface area contributed by atoms with Crippen molar-refractivity contribution < 1.29 is 9.53 Å². The summed E-state index contributed by atoms with van der Waals surface area (Å²) >= 11 is 0. The second-order valence-corrected chi connectivity index (χ2v) is 3.17. The standard InChI is InChI=1S/C9H19NO2/c1-4-8(5-10)9(11)6-12-7(2)3/h7-8H,4-6,10H2,1-3H3. The maximum atomic E-state index is 11.3. The molecule has 0 aromatic rings. The van der Waals surface area contributed by atoms with Crippen molar-refractivity contribution in [3.05, 3.63) is 0 Å². The van der Waals surface area contributed by atoms with Crippen LogP contribution in [0, 0.1) is 5.92 Å². The molecular weight excluding hydrogens is 154 g/mol. The lowest BCUT2D eigenvalue weighted by Crippen LogP contribution is -2.27. The van der Waals surface area contributed by atoms with E-state index in [1.807, 2.05) is 20.8 Å². The summed E-state index contributed by atoms with van der Waals surface area (Å²) in [6.45, 7) is 6.42. The molecule has 0 fully saturated rings. The van der Waals surface area contributed by atoms with E-state index in [9.17, 15) is 4.79 Å². The second-order valence-electron chi connectivity index (χ2n) is 3.17. The first-order valence-electron chi connectivity index (χ1n) is 4.46. The Hall–Kier alpha value is -0.410. The average Bonchev–Trinajstić information content (AvgIpc) is 2.03. The van der Waals surface area contributed by atoms with Crippen LogP contribution in [-0.4, -0.2) is 25.0 Å². The Morgan fingerprint density at radius 2 is 2.08 bits per heavy atom. The second kappa shape index (κ2) is 6.14. The van der Waals surface area contributed by atoms with E-state index in [1.54, 1.807) is 0 Å². The number of hydrogen-bond acceptors (Lipinski definition) is 3. The predicted molar refractivity (Wildman–Crippen MR) is 48.9 cm³/mol. The van der Waals surface area contributed by atoms with E-state index in [4.69, 9.17) is 10.5 Å². The Balaban J connectivity index is 3.69. The summed E-state index contributed by atoms with van der Waals surface area (Å²) in [7, 11) is 0. The van der Waals surface area contributed by atoms with Crippen LogP contribution in [0.25, 0.3) is 0 Å². The lowest BCUT2D eigenvalue weighted by Gasteiger charge is -2.12. The van der Waals surface area contributed by atoms with Gasteiger partial charge in [-0.05, 0) is 20.3 Å². The molecule has 72 valence electrons. The molecule has 0 radical (unpaired) electrons. The van der Waals surface area contributed by atoms with Crippen LogP contribution in [-0.2, 0) is 9.53 Å². The first-order chi connectivity index (χ1) is 5.61. The molecule has 1 unspecified atom stereocenters. The third-order valence-electron chi connectivity index (χ3n) is 1.79. The summed E-state index contributed by atoms with van der Waals surface area (Å²) in [5.74, 6) is 0.0949. The van der Waals surface area contributed by atoms with Gasteiger partial charge in [-0.2, -0.15) is 0 Å². The molecule has 0 spiro atoms. The highest BCUT2D eigenvalue weighted by molar-refractivity contribution is 5.82. The fourth-order valence-electron chi connectivity index (χ4n) is 0.892. The number of ether oxygens (including phenoxy) is 1. The molecular formula is C9H19NO2. The maximum absolute atomic E-state index is 11.3. The Morgan fingerprint density at radius 3 is 2.42 bits per heavy atom. The molecule has 0 aliphatic carbocycles. The number of Topliss-reactive ketones (excluding diaryl/α,β-unsaturated/α-hetero) is 1. The topological polar surface area (TPSA) is 52.3 Å². The Kier molecular flexibility index (Phi) is 5.93. The van der Waals surface area contributed by atoms with Crippen LogP contribution in [0.15, 0.2) is 0 Å². The van der Waals surface area contributed by atoms with Gasteiger partial charge in [0, 0.05) is 12.5 Å². The van der Waals surface area contributed by atoms with Crippen molar-refractivity contribution in [1.82, 2.24) is 0 Å². The lowest BCUT2D eigenvalue weighted by molar-refractivity contribution is -0.128. The molecule has 0 aliphatic rings. The summed E-state index contributed by atoms with van der Waals surface area (Å²) in [6.07, 6.45) is 0.917. The molecule has 12 heavy (non-hydrogen) atoms. The van der Waals surface area contributed by atoms with Crippen molar-refractivity contribution in [2.75, 3.05) is 13.2 Å². The predicted octanol–water partition coefficient (Wildman–Crippen LogP) is 0.965. The molecule has 0 rings (SSSR count). The van der Waals surface area contributed by atoms with Gasteiger partial charge in [-0.15, -0.1) is 0 Å². The molecule has 0 aromatic heterocycles. The summed E-state index contributed by atoms with van der Waals surface area (Å²) in [5, 5.41) is 0. The molecule has 0 saturated carbocycles. The zero-order valence-corrected chi connectivity index (χ0v) is 8.17. The van der Waals surface area contributed by atoms with Gasteiger partial charge in [0.2, 0.25) is 0 Å². The van der Waals surface area contributed by atoms with Crippen molar-refractivity contribution in [2.24, 2.45) is 11.7 Å². The fraction of sp³-hybridized carbons (Fsp3) is 0.889. The molecule has 0 aliphatic heterocycles. The van der Waals surface area contributed by atoms with Gasteiger partial charge in [-0.1, -0.05) is 6.92 Å². The smallest absolute Gasteiger partial charge is 0.162 e. The van der Waals surface area contributed by atoms with Crippen LogP contribution in [0.5, 0.6) is 0 Å². The highest BCUT2D eigenvalue weighted by atomic mass is 16.5.